The molecule has 0 bridgehead atoms. The van der Waals surface area contributed by atoms with Gasteiger partial charge < -0.3 is 15.2 Å². The first kappa shape index (κ1) is 16.0. The summed E-state index contributed by atoms with van der Waals surface area (Å²) in [6.45, 7) is 10.5. The zero-order valence-corrected chi connectivity index (χ0v) is 12.6. The predicted molar refractivity (Wildman–Crippen MR) is 79.5 cm³/mol. The second-order valence-electron chi connectivity index (χ2n) is 5.55. The molecule has 0 fully saturated rings. The molecule has 0 spiro atoms. The highest BCUT2D eigenvalue weighted by molar-refractivity contribution is 5.37. The Labute approximate surface area is 117 Å². The van der Waals surface area contributed by atoms with Gasteiger partial charge in [0.1, 0.15) is 5.75 Å². The second-order valence-corrected chi connectivity index (χ2v) is 5.55. The molecule has 0 aliphatic heterocycles. The second kappa shape index (κ2) is 7.51. The van der Waals surface area contributed by atoms with Gasteiger partial charge in [-0.15, -0.1) is 0 Å². The number of rotatable bonds is 8. The lowest BCUT2D eigenvalue weighted by atomic mass is 9.91. The van der Waals surface area contributed by atoms with E-state index < -0.39 is 5.60 Å². The van der Waals surface area contributed by atoms with Gasteiger partial charge in [0.2, 0.25) is 0 Å². The Hall–Kier alpha value is -1.06. The van der Waals surface area contributed by atoms with Crippen LogP contribution >= 0.6 is 0 Å². The largest absolute Gasteiger partial charge is 0.493 e. The van der Waals surface area contributed by atoms with Crippen LogP contribution in [0, 0.1) is 5.92 Å². The Morgan fingerprint density at radius 1 is 1.32 bits per heavy atom. The summed E-state index contributed by atoms with van der Waals surface area (Å²) < 4.78 is 5.59. The zero-order chi connectivity index (χ0) is 14.3. The fourth-order valence-corrected chi connectivity index (χ4v) is 2.05. The Balaban J connectivity index is 2.65. The summed E-state index contributed by atoms with van der Waals surface area (Å²) in [4.78, 5) is 0. The Morgan fingerprint density at radius 3 is 2.63 bits per heavy atom. The highest BCUT2D eigenvalue weighted by atomic mass is 16.5. The maximum Gasteiger partial charge on any atom is 0.125 e. The molecule has 1 unspecified atom stereocenters. The summed E-state index contributed by atoms with van der Waals surface area (Å²) in [5.74, 6) is 1.40. The predicted octanol–water partition coefficient (Wildman–Crippen LogP) is 2.93. The number of para-hydroxylation sites is 1. The molecule has 1 aromatic carbocycles. The van der Waals surface area contributed by atoms with Gasteiger partial charge in [-0.1, -0.05) is 32.0 Å². The van der Waals surface area contributed by atoms with Gasteiger partial charge in [-0.05, 0) is 45.3 Å². The third kappa shape index (κ3) is 5.21. The van der Waals surface area contributed by atoms with Crippen molar-refractivity contribution >= 4 is 0 Å². The molecule has 1 rings (SSSR count). The minimum absolute atomic E-state index is 0.610. The molecule has 0 aromatic heterocycles. The quantitative estimate of drug-likeness (QED) is 0.710. The van der Waals surface area contributed by atoms with Crippen molar-refractivity contribution in [1.29, 1.82) is 0 Å². The molecule has 108 valence electrons. The highest BCUT2D eigenvalue weighted by Gasteiger charge is 2.26. The number of hydrogen-bond donors (Lipinski definition) is 2. The smallest absolute Gasteiger partial charge is 0.125 e. The maximum absolute atomic E-state index is 10.6. The van der Waals surface area contributed by atoms with Gasteiger partial charge in [-0.25, -0.2) is 0 Å². The lowest BCUT2D eigenvalue weighted by Gasteiger charge is -2.26. The van der Waals surface area contributed by atoms with Crippen LogP contribution in [0.3, 0.4) is 0 Å². The summed E-state index contributed by atoms with van der Waals surface area (Å²) in [5.41, 5.74) is -0.00126. The van der Waals surface area contributed by atoms with Gasteiger partial charge in [0.15, 0.2) is 0 Å². The van der Waals surface area contributed by atoms with Gasteiger partial charge in [0.05, 0.1) is 12.2 Å². The molecule has 19 heavy (non-hydrogen) atoms. The van der Waals surface area contributed by atoms with Gasteiger partial charge in [0.25, 0.3) is 0 Å². The van der Waals surface area contributed by atoms with Crippen LogP contribution in [0.5, 0.6) is 5.75 Å². The number of aliphatic hydroxyl groups is 1. The van der Waals surface area contributed by atoms with Crippen LogP contribution in [-0.4, -0.2) is 24.8 Å². The molecule has 0 saturated heterocycles. The normalized spacial score (nSPS) is 14.4. The topological polar surface area (TPSA) is 41.5 Å². The molecular weight excluding hydrogens is 238 g/mol. The fraction of sp³-hybridized carbons (Fsp3) is 0.625. The summed E-state index contributed by atoms with van der Waals surface area (Å²) in [5, 5.41) is 14.0. The first-order valence-corrected chi connectivity index (χ1v) is 7.12. The molecule has 0 aliphatic carbocycles. The SMILES string of the molecule is CCOc1ccccc1C(C)(O)CCNCC(C)C. The Morgan fingerprint density at radius 2 is 2.00 bits per heavy atom. The molecular formula is C16H27NO2. The van der Waals surface area contributed by atoms with Gasteiger partial charge in [-0.2, -0.15) is 0 Å². The van der Waals surface area contributed by atoms with Gasteiger partial charge >= 0.3 is 0 Å². The maximum atomic E-state index is 10.6. The third-order valence-electron chi connectivity index (χ3n) is 3.11. The van der Waals surface area contributed by atoms with Crippen LogP contribution in [0.15, 0.2) is 24.3 Å². The van der Waals surface area contributed by atoms with Crippen LogP contribution in [0.1, 0.15) is 39.7 Å². The lowest BCUT2D eigenvalue weighted by Crippen LogP contribution is -2.30. The number of ether oxygens (including phenoxy) is 1. The summed E-state index contributed by atoms with van der Waals surface area (Å²) >= 11 is 0. The molecule has 3 nitrogen and oxygen atoms in total. The van der Waals surface area contributed by atoms with E-state index in [9.17, 15) is 5.11 Å². The molecule has 2 N–H and O–H groups in total. The average Bonchev–Trinajstić information content (AvgIpc) is 2.35. The van der Waals surface area contributed by atoms with Crippen molar-refractivity contribution in [2.24, 2.45) is 5.92 Å². The van der Waals surface area contributed by atoms with E-state index in [0.29, 0.717) is 18.9 Å². The monoisotopic (exact) mass is 265 g/mol. The third-order valence-corrected chi connectivity index (χ3v) is 3.11. The van der Waals surface area contributed by atoms with Crippen molar-refractivity contribution in [2.75, 3.05) is 19.7 Å². The number of benzene rings is 1. The molecule has 3 heteroatoms. The van der Waals surface area contributed by atoms with Crippen LogP contribution < -0.4 is 10.1 Å². The minimum Gasteiger partial charge on any atom is -0.493 e. The van der Waals surface area contributed by atoms with E-state index in [2.05, 4.69) is 19.2 Å². The van der Waals surface area contributed by atoms with E-state index in [1.54, 1.807) is 0 Å². The van der Waals surface area contributed by atoms with Crippen LogP contribution in [0.25, 0.3) is 0 Å². The van der Waals surface area contributed by atoms with Crippen LogP contribution in [0.2, 0.25) is 0 Å². The van der Waals surface area contributed by atoms with E-state index in [4.69, 9.17) is 4.74 Å². The summed E-state index contributed by atoms with van der Waals surface area (Å²) in [7, 11) is 0. The zero-order valence-electron chi connectivity index (χ0n) is 12.6. The fourth-order valence-electron chi connectivity index (χ4n) is 2.05. The van der Waals surface area contributed by atoms with Crippen molar-refractivity contribution in [3.63, 3.8) is 0 Å². The van der Waals surface area contributed by atoms with E-state index in [-0.39, 0.29) is 0 Å². The Bertz CT molecular complexity index is 375. The number of nitrogens with one attached hydrogen (secondary N) is 1. The van der Waals surface area contributed by atoms with E-state index in [1.165, 1.54) is 0 Å². The molecule has 0 radical (unpaired) electrons. The van der Waals surface area contributed by atoms with Crippen molar-refractivity contribution in [3.8, 4) is 5.75 Å². The molecule has 0 aliphatic rings. The van der Waals surface area contributed by atoms with Crippen molar-refractivity contribution in [2.45, 2.75) is 39.7 Å². The summed E-state index contributed by atoms with van der Waals surface area (Å²) in [6, 6.07) is 7.72. The molecule has 0 amide bonds. The van der Waals surface area contributed by atoms with Crippen molar-refractivity contribution in [1.82, 2.24) is 5.32 Å². The van der Waals surface area contributed by atoms with Crippen molar-refractivity contribution < 1.29 is 9.84 Å². The lowest BCUT2D eigenvalue weighted by molar-refractivity contribution is 0.0448. The van der Waals surface area contributed by atoms with Crippen LogP contribution in [0.4, 0.5) is 0 Å². The van der Waals surface area contributed by atoms with E-state index in [1.807, 2.05) is 38.1 Å². The first-order chi connectivity index (χ1) is 8.97. The molecule has 0 saturated carbocycles. The first-order valence-electron chi connectivity index (χ1n) is 7.12. The standard InChI is InChI=1S/C16H27NO2/c1-5-19-15-9-7-6-8-14(15)16(4,18)10-11-17-12-13(2)3/h6-9,13,17-18H,5,10-12H2,1-4H3. The minimum atomic E-state index is -0.865. The molecule has 0 heterocycles. The number of hydrogen-bond acceptors (Lipinski definition) is 3. The molecule has 1 aromatic rings. The van der Waals surface area contributed by atoms with Crippen LogP contribution in [-0.2, 0) is 5.60 Å². The summed E-state index contributed by atoms with van der Waals surface area (Å²) in [6.07, 6.45) is 0.670. The molecule has 1 atom stereocenters. The van der Waals surface area contributed by atoms with E-state index >= 15 is 0 Å². The highest BCUT2D eigenvalue weighted by Crippen LogP contribution is 2.32. The average molecular weight is 265 g/mol. The van der Waals surface area contributed by atoms with Gasteiger partial charge in [0, 0.05) is 5.56 Å². The Kier molecular flexibility index (Phi) is 6.32. The van der Waals surface area contributed by atoms with E-state index in [0.717, 1.165) is 24.4 Å². The van der Waals surface area contributed by atoms with Gasteiger partial charge in [-0.3, -0.25) is 0 Å². The van der Waals surface area contributed by atoms with Crippen molar-refractivity contribution in [3.05, 3.63) is 29.8 Å².